The van der Waals surface area contributed by atoms with Crippen LogP contribution in [-0.4, -0.2) is 107 Å². The van der Waals surface area contributed by atoms with Crippen LogP contribution in [0, 0.1) is 22.7 Å². The largest absolute Gasteiger partial charge is 0.458 e. The molecular formula is C38H51N3O10. The highest BCUT2D eigenvalue weighted by atomic mass is 16.8. The molecule has 12 unspecified atom stereocenters. The second kappa shape index (κ2) is 12.9. The summed E-state index contributed by atoms with van der Waals surface area (Å²) >= 11 is 0. The highest BCUT2D eigenvalue weighted by Crippen LogP contribution is 2.60. The van der Waals surface area contributed by atoms with E-state index in [1.165, 1.54) is 30.4 Å². The summed E-state index contributed by atoms with van der Waals surface area (Å²) < 4.78 is 23.7. The van der Waals surface area contributed by atoms with E-state index in [1.807, 2.05) is 12.1 Å². The van der Waals surface area contributed by atoms with Crippen molar-refractivity contribution in [2.75, 3.05) is 19.9 Å². The molecule has 278 valence electrons. The molecule has 1 aromatic rings. The Morgan fingerprint density at radius 1 is 1.10 bits per heavy atom. The Kier molecular flexibility index (Phi) is 8.88. The number of allylic oxidation sites excluding steroid dienone is 1. The third-order valence-electron chi connectivity index (χ3n) is 13.0. The summed E-state index contributed by atoms with van der Waals surface area (Å²) in [6, 6.07) is 5.77. The van der Waals surface area contributed by atoms with Crippen molar-refractivity contribution in [1.82, 2.24) is 15.7 Å². The Morgan fingerprint density at radius 3 is 2.59 bits per heavy atom. The predicted molar refractivity (Wildman–Crippen MR) is 181 cm³/mol. The van der Waals surface area contributed by atoms with Crippen LogP contribution in [0.1, 0.15) is 77.3 Å². The molecule has 7 aliphatic rings. The van der Waals surface area contributed by atoms with Gasteiger partial charge in [-0.3, -0.25) is 19.2 Å². The van der Waals surface area contributed by atoms with Crippen LogP contribution >= 0.6 is 0 Å². The number of amides is 2. The van der Waals surface area contributed by atoms with Crippen molar-refractivity contribution >= 4 is 23.9 Å². The van der Waals surface area contributed by atoms with Crippen molar-refractivity contribution in [1.29, 1.82) is 0 Å². The molecule has 0 aromatic heterocycles. The quantitative estimate of drug-likeness (QED) is 0.219. The van der Waals surface area contributed by atoms with E-state index in [-0.39, 0.29) is 38.5 Å². The van der Waals surface area contributed by atoms with Crippen LogP contribution in [0.2, 0.25) is 0 Å². The minimum Gasteiger partial charge on any atom is -0.458 e. The number of benzene rings is 1. The van der Waals surface area contributed by atoms with E-state index in [4.69, 9.17) is 23.8 Å². The summed E-state index contributed by atoms with van der Waals surface area (Å²) in [4.78, 5) is 47.5. The summed E-state index contributed by atoms with van der Waals surface area (Å²) in [5.41, 5.74) is 2.39. The van der Waals surface area contributed by atoms with Crippen LogP contribution in [0.25, 0.3) is 6.08 Å². The number of carbonyl (C=O) groups excluding carboxylic acids is 3. The number of hydrogen-bond acceptors (Lipinski definition) is 11. The number of epoxide rings is 1. The maximum absolute atomic E-state index is 14.4. The maximum atomic E-state index is 14.4. The van der Waals surface area contributed by atoms with Crippen molar-refractivity contribution in [2.24, 2.45) is 22.7 Å². The van der Waals surface area contributed by atoms with Gasteiger partial charge in [0.15, 0.2) is 6.04 Å². The molecule has 4 aliphatic heterocycles. The second-order valence-corrected chi connectivity index (χ2v) is 16.7. The Morgan fingerprint density at radius 2 is 1.86 bits per heavy atom. The van der Waals surface area contributed by atoms with Crippen LogP contribution in [0.3, 0.4) is 0 Å². The van der Waals surface area contributed by atoms with Crippen molar-refractivity contribution < 1.29 is 48.4 Å². The van der Waals surface area contributed by atoms with Crippen LogP contribution in [0.4, 0.5) is 0 Å². The molecule has 12 atom stereocenters. The summed E-state index contributed by atoms with van der Waals surface area (Å²) in [6.07, 6.45) is 4.20. The highest BCUT2D eigenvalue weighted by molar-refractivity contribution is 5.96. The lowest BCUT2D eigenvalue weighted by Gasteiger charge is -2.53. The van der Waals surface area contributed by atoms with Crippen LogP contribution < -0.4 is 10.6 Å². The number of carbonyl (C=O) groups is 3. The zero-order valence-electron chi connectivity index (χ0n) is 29.8. The fourth-order valence-electron chi connectivity index (χ4n) is 10.1. The first-order valence-electron chi connectivity index (χ1n) is 18.6. The number of fused-ring (bicyclic) bond motifs is 6. The Balaban J connectivity index is 1.04. The molecule has 0 spiro atoms. The van der Waals surface area contributed by atoms with E-state index in [2.05, 4.69) is 49.6 Å². The zero-order valence-corrected chi connectivity index (χ0v) is 29.8. The van der Waals surface area contributed by atoms with E-state index in [1.54, 1.807) is 0 Å². The first kappa shape index (κ1) is 35.1. The van der Waals surface area contributed by atoms with Gasteiger partial charge in [0.05, 0.1) is 31.0 Å². The first-order chi connectivity index (χ1) is 24.3. The molecule has 0 radical (unpaired) electrons. The number of esters is 1. The van der Waals surface area contributed by atoms with Gasteiger partial charge >= 0.3 is 5.97 Å². The molecule has 4 N–H and O–H groups in total. The summed E-state index contributed by atoms with van der Waals surface area (Å²) in [5, 5.41) is 26.4. The summed E-state index contributed by atoms with van der Waals surface area (Å²) in [5.74, 6) is -0.652. The van der Waals surface area contributed by atoms with Gasteiger partial charge in [-0.1, -0.05) is 49.8 Å². The number of hydroxylamine groups is 2. The molecule has 7 fully saturated rings. The molecule has 13 nitrogen and oxygen atoms in total. The van der Waals surface area contributed by atoms with Gasteiger partial charge in [-0.2, -0.15) is 5.06 Å². The third-order valence-corrected chi connectivity index (χ3v) is 13.0. The number of aliphatic hydroxyl groups excluding tert-OH is 2. The van der Waals surface area contributed by atoms with Crippen molar-refractivity contribution in [3.05, 3.63) is 41.0 Å². The Hall–Kier alpha value is -2.91. The molecule has 51 heavy (non-hydrogen) atoms. The summed E-state index contributed by atoms with van der Waals surface area (Å²) in [7, 11) is 0. The molecule has 3 saturated carbocycles. The molecule has 13 heteroatoms. The third kappa shape index (κ3) is 5.93. The van der Waals surface area contributed by atoms with Gasteiger partial charge in [0.25, 0.3) is 0 Å². The summed E-state index contributed by atoms with van der Waals surface area (Å²) in [6.45, 7) is 8.26. The van der Waals surface area contributed by atoms with Gasteiger partial charge in [0.1, 0.15) is 42.7 Å². The lowest BCUT2D eigenvalue weighted by Crippen LogP contribution is -2.71. The van der Waals surface area contributed by atoms with E-state index in [0.29, 0.717) is 23.4 Å². The zero-order chi connectivity index (χ0) is 35.9. The van der Waals surface area contributed by atoms with Gasteiger partial charge in [0, 0.05) is 13.0 Å². The number of ether oxygens (including phenoxy) is 4. The lowest BCUT2D eigenvalue weighted by atomic mass is 9.52. The smallest absolute Gasteiger partial charge is 0.327 e. The highest BCUT2D eigenvalue weighted by Gasteiger charge is 2.75. The van der Waals surface area contributed by atoms with E-state index < -0.39 is 65.8 Å². The van der Waals surface area contributed by atoms with Crippen LogP contribution in [-0.2, 0) is 44.7 Å². The molecule has 4 saturated heterocycles. The Labute approximate surface area is 298 Å². The second-order valence-electron chi connectivity index (χ2n) is 16.7. The monoisotopic (exact) mass is 709 g/mol. The minimum absolute atomic E-state index is 0.0332. The molecule has 1 aromatic carbocycles. The van der Waals surface area contributed by atoms with Crippen LogP contribution in [0.5, 0.6) is 0 Å². The average molecular weight is 710 g/mol. The number of nitrogens with one attached hydrogen (secondary N) is 2. The molecule has 8 rings (SSSR count). The number of hydrogen-bond donors (Lipinski definition) is 4. The van der Waals surface area contributed by atoms with E-state index in [0.717, 1.165) is 30.4 Å². The predicted octanol–water partition coefficient (Wildman–Crippen LogP) is 1.98. The number of rotatable bonds is 9. The standard InChI is InChI=1S/C38H51N3O10/c1-20(43)28(33(44)39-13-14-42)40-35(46)38-17-26-29-30(48-19-47-29)32(38)51-41(31(38)34(45)49-26)18-22-7-5-21(6-8-22)15-23-9-10-27-37(4,50-27)12-11-25-24(23)16-36(25,2)3/h5-8,15,20,24-32,42-43H,9-14,16-19H2,1-4H3,(H,39,44)(H,40,46). The number of aliphatic hydroxyl groups is 2. The number of nitrogens with zero attached hydrogens (tertiary/aromatic N) is 1. The van der Waals surface area contributed by atoms with Gasteiger partial charge in [-0.05, 0) is 74.3 Å². The lowest BCUT2D eigenvalue weighted by molar-refractivity contribution is -0.201. The van der Waals surface area contributed by atoms with E-state index >= 15 is 0 Å². The fourth-order valence-corrected chi connectivity index (χ4v) is 10.1. The van der Waals surface area contributed by atoms with Crippen LogP contribution in [0.15, 0.2) is 29.8 Å². The SMILES string of the molecule is CC(O)C(NC(=O)C12CC3OC(=O)C1N(Cc1ccc(C=C4CCC5OC5(C)CCC5C4CC5(C)C)cc1)OC2C1OCOC31)C(=O)NCCO. The molecule has 2 amide bonds. The normalized spacial score (nSPS) is 41.0. The topological polar surface area (TPSA) is 168 Å². The van der Waals surface area contributed by atoms with E-state index in [9.17, 15) is 24.6 Å². The minimum atomic E-state index is -1.48. The van der Waals surface area contributed by atoms with Gasteiger partial charge < -0.3 is 39.8 Å². The van der Waals surface area contributed by atoms with Crippen molar-refractivity contribution in [3.8, 4) is 0 Å². The molecule has 4 heterocycles. The molecule has 2 bridgehead atoms. The molecular weight excluding hydrogens is 658 g/mol. The maximum Gasteiger partial charge on any atom is 0.327 e. The first-order valence-corrected chi connectivity index (χ1v) is 18.6. The fraction of sp³-hybridized carbons (Fsp3) is 0.711. The average Bonchev–Trinajstić information content (AvgIpc) is 3.38. The Bertz CT molecular complexity index is 1580. The van der Waals surface area contributed by atoms with Crippen molar-refractivity contribution in [2.45, 2.75) is 127 Å². The van der Waals surface area contributed by atoms with Crippen molar-refractivity contribution in [3.63, 3.8) is 0 Å². The van der Waals surface area contributed by atoms with Gasteiger partial charge in [-0.25, -0.2) is 0 Å². The van der Waals surface area contributed by atoms with Gasteiger partial charge in [-0.15, -0.1) is 0 Å². The van der Waals surface area contributed by atoms with Gasteiger partial charge in [0.2, 0.25) is 11.8 Å². The molecule has 3 aliphatic carbocycles.